The van der Waals surface area contributed by atoms with Crippen LogP contribution in [0.3, 0.4) is 0 Å². The van der Waals surface area contributed by atoms with Gasteiger partial charge in [0.05, 0.1) is 32.5 Å². The van der Waals surface area contributed by atoms with Crippen molar-refractivity contribution in [2.24, 2.45) is 0 Å². The molecule has 0 saturated carbocycles. The van der Waals surface area contributed by atoms with Crippen LogP contribution in [-0.4, -0.2) is 68.8 Å². The molecule has 1 aliphatic heterocycles. The number of hydrogen-bond acceptors (Lipinski definition) is 5. The summed E-state index contributed by atoms with van der Waals surface area (Å²) in [5, 5.41) is 10.6. The Hall–Kier alpha value is -0.850. The van der Waals surface area contributed by atoms with Crippen molar-refractivity contribution in [2.45, 2.75) is 6.10 Å². The van der Waals surface area contributed by atoms with Crippen molar-refractivity contribution in [2.75, 3.05) is 52.7 Å². The highest BCUT2D eigenvalue weighted by Crippen LogP contribution is 2.15. The summed E-state index contributed by atoms with van der Waals surface area (Å²) < 4.78 is 16.2. The quantitative estimate of drug-likeness (QED) is 0.736. The zero-order chi connectivity index (χ0) is 14.9. The molecule has 6 heteroatoms. The molecule has 118 valence electrons. The Kier molecular flexibility index (Phi) is 7.26. The molecule has 5 nitrogen and oxygen atoms in total. The lowest BCUT2D eigenvalue weighted by atomic mass is 10.3. The highest BCUT2D eigenvalue weighted by atomic mass is 35.5. The maximum absolute atomic E-state index is 9.89. The molecule has 1 aromatic carbocycles. The Morgan fingerprint density at radius 2 is 1.90 bits per heavy atom. The molecule has 1 aromatic rings. The van der Waals surface area contributed by atoms with E-state index in [1.807, 2.05) is 12.1 Å². The molecule has 21 heavy (non-hydrogen) atoms. The van der Waals surface area contributed by atoms with E-state index in [2.05, 4.69) is 4.90 Å². The van der Waals surface area contributed by atoms with Gasteiger partial charge in [-0.3, -0.25) is 4.90 Å². The molecule has 1 saturated heterocycles. The monoisotopic (exact) mass is 315 g/mol. The van der Waals surface area contributed by atoms with Crippen molar-refractivity contribution in [1.82, 2.24) is 4.90 Å². The van der Waals surface area contributed by atoms with Gasteiger partial charge in [-0.25, -0.2) is 0 Å². The van der Waals surface area contributed by atoms with E-state index in [0.29, 0.717) is 31.4 Å². The van der Waals surface area contributed by atoms with Crippen LogP contribution >= 0.6 is 11.6 Å². The molecular formula is C15H22ClNO4. The molecule has 1 unspecified atom stereocenters. The average Bonchev–Trinajstić information content (AvgIpc) is 2.50. The van der Waals surface area contributed by atoms with E-state index in [-0.39, 0.29) is 0 Å². The van der Waals surface area contributed by atoms with Gasteiger partial charge in [-0.05, 0) is 24.3 Å². The summed E-state index contributed by atoms with van der Waals surface area (Å²) >= 11 is 5.79. The van der Waals surface area contributed by atoms with E-state index in [4.69, 9.17) is 25.8 Å². The van der Waals surface area contributed by atoms with Gasteiger partial charge >= 0.3 is 0 Å². The predicted molar refractivity (Wildman–Crippen MR) is 81.0 cm³/mol. The van der Waals surface area contributed by atoms with E-state index in [1.165, 1.54) is 0 Å². The van der Waals surface area contributed by atoms with Gasteiger partial charge in [-0.15, -0.1) is 0 Å². The van der Waals surface area contributed by atoms with E-state index < -0.39 is 6.10 Å². The van der Waals surface area contributed by atoms with Crippen molar-refractivity contribution >= 4 is 11.6 Å². The Morgan fingerprint density at radius 3 is 2.62 bits per heavy atom. The summed E-state index contributed by atoms with van der Waals surface area (Å²) in [4.78, 5) is 2.18. The number of ether oxygens (including phenoxy) is 3. The molecule has 1 atom stereocenters. The number of morpholine rings is 1. The molecule has 0 amide bonds. The van der Waals surface area contributed by atoms with E-state index >= 15 is 0 Å². The molecule has 1 N–H and O–H groups in total. The fourth-order valence-electron chi connectivity index (χ4n) is 2.10. The summed E-state index contributed by atoms with van der Waals surface area (Å²) in [6, 6.07) is 7.19. The Balaban J connectivity index is 1.51. The lowest BCUT2D eigenvalue weighted by Gasteiger charge is -2.28. The first kappa shape index (κ1) is 16.5. The topological polar surface area (TPSA) is 51.2 Å². The van der Waals surface area contributed by atoms with Crippen LogP contribution in [0.4, 0.5) is 0 Å². The number of aliphatic hydroxyl groups is 1. The molecule has 2 rings (SSSR count). The Labute approximate surface area is 130 Å². The minimum absolute atomic E-state index is 0.321. The fourth-order valence-corrected chi connectivity index (χ4v) is 2.23. The number of hydrogen-bond donors (Lipinski definition) is 1. The van der Waals surface area contributed by atoms with Gasteiger partial charge in [0, 0.05) is 24.7 Å². The molecule has 0 radical (unpaired) electrons. The molecule has 1 heterocycles. The van der Waals surface area contributed by atoms with Crippen LogP contribution in [0.5, 0.6) is 5.75 Å². The number of halogens is 1. The first-order chi connectivity index (χ1) is 10.2. The van der Waals surface area contributed by atoms with Crippen LogP contribution in [0.1, 0.15) is 0 Å². The van der Waals surface area contributed by atoms with Crippen LogP contribution in [-0.2, 0) is 9.47 Å². The number of nitrogens with zero attached hydrogens (tertiary/aromatic N) is 1. The molecule has 0 spiro atoms. The smallest absolute Gasteiger partial charge is 0.119 e. The third kappa shape index (κ3) is 6.63. The average molecular weight is 316 g/mol. The largest absolute Gasteiger partial charge is 0.491 e. The summed E-state index contributed by atoms with van der Waals surface area (Å²) in [7, 11) is 0. The molecule has 0 aliphatic carbocycles. The second-order valence-electron chi connectivity index (χ2n) is 4.94. The summed E-state index contributed by atoms with van der Waals surface area (Å²) in [5.74, 6) is 0.761. The minimum atomic E-state index is -0.473. The number of rotatable bonds is 8. The molecular weight excluding hydrogens is 294 g/mol. The van der Waals surface area contributed by atoms with Crippen molar-refractivity contribution < 1.29 is 19.3 Å². The molecule has 0 aromatic heterocycles. The zero-order valence-electron chi connectivity index (χ0n) is 12.0. The van der Waals surface area contributed by atoms with Crippen molar-refractivity contribution in [3.63, 3.8) is 0 Å². The standard InChI is InChI=1S/C15H22ClNO4/c16-13-1-3-15(4-2-13)21-10-9-20-12-14(18)11-17-5-7-19-8-6-17/h1-4,14,18H,5-12H2. The maximum Gasteiger partial charge on any atom is 0.119 e. The number of aliphatic hydroxyl groups excluding tert-OH is 1. The highest BCUT2D eigenvalue weighted by Gasteiger charge is 2.14. The van der Waals surface area contributed by atoms with Crippen LogP contribution < -0.4 is 4.74 Å². The second-order valence-corrected chi connectivity index (χ2v) is 5.38. The normalized spacial score (nSPS) is 17.6. The Bertz CT molecular complexity index is 395. The zero-order valence-corrected chi connectivity index (χ0v) is 12.8. The van der Waals surface area contributed by atoms with Gasteiger partial charge in [0.1, 0.15) is 12.4 Å². The fraction of sp³-hybridized carbons (Fsp3) is 0.600. The van der Waals surface area contributed by atoms with Crippen LogP contribution in [0.2, 0.25) is 5.02 Å². The molecule has 1 fully saturated rings. The predicted octanol–water partition coefficient (Wildman–Crippen LogP) is 1.43. The maximum atomic E-state index is 9.89. The highest BCUT2D eigenvalue weighted by molar-refractivity contribution is 6.30. The van der Waals surface area contributed by atoms with Crippen molar-refractivity contribution in [1.29, 1.82) is 0 Å². The first-order valence-electron chi connectivity index (χ1n) is 7.18. The van der Waals surface area contributed by atoms with Gasteiger partial charge in [-0.1, -0.05) is 11.6 Å². The third-order valence-corrected chi connectivity index (χ3v) is 3.44. The molecule has 1 aliphatic rings. The lowest BCUT2D eigenvalue weighted by molar-refractivity contribution is -0.0178. The Morgan fingerprint density at radius 1 is 1.19 bits per heavy atom. The van der Waals surface area contributed by atoms with E-state index in [1.54, 1.807) is 12.1 Å². The van der Waals surface area contributed by atoms with Crippen LogP contribution in [0.15, 0.2) is 24.3 Å². The first-order valence-corrected chi connectivity index (χ1v) is 7.56. The van der Waals surface area contributed by atoms with Crippen LogP contribution in [0.25, 0.3) is 0 Å². The second kappa shape index (κ2) is 9.23. The summed E-state index contributed by atoms with van der Waals surface area (Å²) in [6.45, 7) is 5.07. The van der Waals surface area contributed by atoms with Gasteiger partial charge in [-0.2, -0.15) is 0 Å². The number of β-amino-alcohol motifs (C(OH)–C–C–N with tert-alkyl or cyclic N) is 1. The van der Waals surface area contributed by atoms with Gasteiger partial charge in [0.15, 0.2) is 0 Å². The van der Waals surface area contributed by atoms with E-state index in [0.717, 1.165) is 32.1 Å². The van der Waals surface area contributed by atoms with Gasteiger partial charge < -0.3 is 19.3 Å². The van der Waals surface area contributed by atoms with Gasteiger partial charge in [0.2, 0.25) is 0 Å². The SMILES string of the molecule is OC(COCCOc1ccc(Cl)cc1)CN1CCOCC1. The van der Waals surface area contributed by atoms with Gasteiger partial charge in [0.25, 0.3) is 0 Å². The third-order valence-electron chi connectivity index (χ3n) is 3.19. The summed E-state index contributed by atoms with van der Waals surface area (Å²) in [5.41, 5.74) is 0. The number of benzene rings is 1. The van der Waals surface area contributed by atoms with E-state index in [9.17, 15) is 5.11 Å². The van der Waals surface area contributed by atoms with Crippen molar-refractivity contribution in [3.8, 4) is 5.75 Å². The van der Waals surface area contributed by atoms with Crippen LogP contribution in [0, 0.1) is 0 Å². The molecule has 0 bridgehead atoms. The minimum Gasteiger partial charge on any atom is -0.491 e. The van der Waals surface area contributed by atoms with Crippen molar-refractivity contribution in [3.05, 3.63) is 29.3 Å². The lowest BCUT2D eigenvalue weighted by Crippen LogP contribution is -2.42. The summed E-state index contributed by atoms with van der Waals surface area (Å²) in [6.07, 6.45) is -0.473.